The first-order valence-corrected chi connectivity index (χ1v) is 7.01. The molecular formula is C13H15ClN6O. The van der Waals surface area contributed by atoms with Crippen LogP contribution in [-0.4, -0.2) is 46.2 Å². The fourth-order valence-corrected chi connectivity index (χ4v) is 2.27. The summed E-state index contributed by atoms with van der Waals surface area (Å²) in [6, 6.07) is 3.21. The van der Waals surface area contributed by atoms with Crippen molar-refractivity contribution in [1.82, 2.24) is 19.9 Å². The molecule has 1 aliphatic rings. The van der Waals surface area contributed by atoms with Gasteiger partial charge in [-0.25, -0.2) is 4.98 Å². The average Bonchev–Trinajstić information content (AvgIpc) is 2.55. The maximum Gasteiger partial charge on any atom is 0.230 e. The maximum absolute atomic E-state index is 6.19. The van der Waals surface area contributed by atoms with E-state index in [2.05, 4.69) is 19.9 Å². The van der Waals surface area contributed by atoms with Crippen LogP contribution in [0.4, 0.5) is 5.95 Å². The second kappa shape index (κ2) is 6.30. The van der Waals surface area contributed by atoms with Crippen LogP contribution >= 0.6 is 11.6 Å². The molecule has 0 saturated carbocycles. The Bertz CT molecular complexity index is 605. The van der Waals surface area contributed by atoms with Crippen molar-refractivity contribution in [3.8, 4) is 0 Å². The monoisotopic (exact) mass is 306 g/mol. The quantitative estimate of drug-likeness (QED) is 0.897. The lowest BCUT2D eigenvalue weighted by molar-refractivity contribution is 0.122. The molecule has 7 nitrogen and oxygen atoms in total. The molecule has 1 fully saturated rings. The molecule has 0 spiro atoms. The molecular weight excluding hydrogens is 292 g/mol. The molecule has 0 amide bonds. The second-order valence-corrected chi connectivity index (χ2v) is 4.96. The smallest absolute Gasteiger partial charge is 0.230 e. The highest BCUT2D eigenvalue weighted by Gasteiger charge is 2.19. The molecule has 3 rings (SSSR count). The van der Waals surface area contributed by atoms with Crippen molar-refractivity contribution in [2.45, 2.75) is 6.04 Å². The van der Waals surface area contributed by atoms with Gasteiger partial charge in [-0.1, -0.05) is 6.07 Å². The molecule has 0 aliphatic carbocycles. The minimum Gasteiger partial charge on any atom is -0.378 e. The Morgan fingerprint density at radius 2 is 2.05 bits per heavy atom. The van der Waals surface area contributed by atoms with E-state index in [4.69, 9.17) is 22.1 Å². The van der Waals surface area contributed by atoms with E-state index in [9.17, 15) is 0 Å². The van der Waals surface area contributed by atoms with Gasteiger partial charge in [-0.2, -0.15) is 9.97 Å². The number of nitrogens with zero attached hydrogens (tertiary/aromatic N) is 5. The third-order valence-corrected chi connectivity index (χ3v) is 3.40. The SMILES string of the molecule is NC(c1cccnc1)c1nc(Cl)nc(N2CCOCC2)n1. The van der Waals surface area contributed by atoms with Crippen LogP contribution in [0, 0.1) is 0 Å². The summed E-state index contributed by atoms with van der Waals surface area (Å²) in [6.45, 7) is 2.74. The number of morpholine rings is 1. The van der Waals surface area contributed by atoms with Crippen LogP contribution in [0.1, 0.15) is 17.4 Å². The zero-order chi connectivity index (χ0) is 14.7. The highest BCUT2D eigenvalue weighted by molar-refractivity contribution is 6.28. The molecule has 0 aromatic carbocycles. The summed E-state index contributed by atoms with van der Waals surface area (Å²) in [5.74, 6) is 0.970. The van der Waals surface area contributed by atoms with Crippen LogP contribution in [0.25, 0.3) is 0 Å². The van der Waals surface area contributed by atoms with Crippen molar-refractivity contribution in [1.29, 1.82) is 0 Å². The molecule has 3 heterocycles. The highest BCUT2D eigenvalue weighted by atomic mass is 35.5. The highest BCUT2D eigenvalue weighted by Crippen LogP contribution is 2.19. The third kappa shape index (κ3) is 3.26. The Balaban J connectivity index is 1.90. The number of ether oxygens (including phenoxy) is 1. The van der Waals surface area contributed by atoms with E-state index in [1.165, 1.54) is 0 Å². The van der Waals surface area contributed by atoms with Crippen LogP contribution in [-0.2, 0) is 4.74 Å². The van der Waals surface area contributed by atoms with Crippen molar-refractivity contribution in [3.05, 3.63) is 41.2 Å². The number of halogens is 1. The van der Waals surface area contributed by atoms with Crippen molar-refractivity contribution in [3.63, 3.8) is 0 Å². The van der Waals surface area contributed by atoms with Crippen LogP contribution in [0.15, 0.2) is 24.5 Å². The molecule has 2 N–H and O–H groups in total. The van der Waals surface area contributed by atoms with Crippen LogP contribution < -0.4 is 10.6 Å². The largest absolute Gasteiger partial charge is 0.378 e. The van der Waals surface area contributed by atoms with E-state index in [1.807, 2.05) is 17.0 Å². The van der Waals surface area contributed by atoms with Gasteiger partial charge in [0.15, 0.2) is 5.82 Å². The zero-order valence-corrected chi connectivity index (χ0v) is 12.1. The first-order chi connectivity index (χ1) is 10.2. The fourth-order valence-electron chi connectivity index (χ4n) is 2.11. The minimum atomic E-state index is -0.487. The van der Waals surface area contributed by atoms with E-state index >= 15 is 0 Å². The standard InChI is InChI=1S/C13H15ClN6O/c14-12-17-11(10(15)9-2-1-3-16-8-9)18-13(19-12)20-4-6-21-7-5-20/h1-3,8,10H,4-7,15H2. The Kier molecular flexibility index (Phi) is 4.23. The summed E-state index contributed by atoms with van der Waals surface area (Å²) in [6.07, 6.45) is 3.38. The molecule has 2 aromatic rings. The topological polar surface area (TPSA) is 90.0 Å². The molecule has 1 atom stereocenters. The molecule has 8 heteroatoms. The lowest BCUT2D eigenvalue weighted by Crippen LogP contribution is -2.37. The first kappa shape index (κ1) is 14.1. The van der Waals surface area contributed by atoms with Gasteiger partial charge in [0.05, 0.1) is 19.3 Å². The van der Waals surface area contributed by atoms with Gasteiger partial charge in [-0.3, -0.25) is 4.98 Å². The Hall–Kier alpha value is -1.83. The molecule has 110 valence electrons. The maximum atomic E-state index is 6.19. The zero-order valence-electron chi connectivity index (χ0n) is 11.3. The normalized spacial score (nSPS) is 16.8. The first-order valence-electron chi connectivity index (χ1n) is 6.64. The molecule has 0 radical (unpaired) electrons. The van der Waals surface area contributed by atoms with Crippen LogP contribution in [0.2, 0.25) is 5.28 Å². The number of anilines is 1. The van der Waals surface area contributed by atoms with Crippen LogP contribution in [0.3, 0.4) is 0 Å². The lowest BCUT2D eigenvalue weighted by Gasteiger charge is -2.27. The van der Waals surface area contributed by atoms with Crippen molar-refractivity contribution in [2.24, 2.45) is 5.73 Å². The van der Waals surface area contributed by atoms with Gasteiger partial charge >= 0.3 is 0 Å². The van der Waals surface area contributed by atoms with Gasteiger partial charge in [0.1, 0.15) is 0 Å². The predicted octanol–water partition coefficient (Wildman–Crippen LogP) is 0.805. The van der Waals surface area contributed by atoms with Gasteiger partial charge in [0, 0.05) is 25.5 Å². The summed E-state index contributed by atoms with van der Waals surface area (Å²) >= 11 is 6.01. The predicted molar refractivity (Wildman–Crippen MR) is 78.1 cm³/mol. The van der Waals surface area contributed by atoms with Gasteiger partial charge < -0.3 is 15.4 Å². The second-order valence-electron chi connectivity index (χ2n) is 4.63. The van der Waals surface area contributed by atoms with Gasteiger partial charge in [0.25, 0.3) is 0 Å². The summed E-state index contributed by atoms with van der Waals surface area (Å²) in [7, 11) is 0. The van der Waals surface area contributed by atoms with E-state index in [0.29, 0.717) is 25.0 Å². The third-order valence-electron chi connectivity index (χ3n) is 3.23. The Labute approximate surface area is 127 Å². The number of rotatable bonds is 3. The molecule has 1 unspecified atom stereocenters. The summed E-state index contributed by atoms with van der Waals surface area (Å²) in [5, 5.41) is 0.140. The molecule has 0 bridgehead atoms. The molecule has 21 heavy (non-hydrogen) atoms. The van der Waals surface area contributed by atoms with E-state index in [-0.39, 0.29) is 5.28 Å². The van der Waals surface area contributed by atoms with Crippen molar-refractivity contribution < 1.29 is 4.74 Å². The van der Waals surface area contributed by atoms with Crippen molar-refractivity contribution in [2.75, 3.05) is 31.2 Å². The molecule has 1 aliphatic heterocycles. The number of aromatic nitrogens is 4. The minimum absolute atomic E-state index is 0.140. The summed E-state index contributed by atoms with van der Waals surface area (Å²) in [5.41, 5.74) is 7.02. The Morgan fingerprint density at radius 3 is 2.76 bits per heavy atom. The Morgan fingerprint density at radius 1 is 1.24 bits per heavy atom. The van der Waals surface area contributed by atoms with E-state index in [0.717, 1.165) is 18.7 Å². The summed E-state index contributed by atoms with van der Waals surface area (Å²) in [4.78, 5) is 18.8. The van der Waals surface area contributed by atoms with Gasteiger partial charge in [-0.05, 0) is 23.2 Å². The average molecular weight is 307 g/mol. The van der Waals surface area contributed by atoms with Crippen LogP contribution in [0.5, 0.6) is 0 Å². The number of pyridine rings is 1. The molecule has 1 saturated heterocycles. The van der Waals surface area contributed by atoms with E-state index in [1.54, 1.807) is 12.4 Å². The van der Waals surface area contributed by atoms with E-state index < -0.39 is 6.04 Å². The number of hydrogen-bond donors (Lipinski definition) is 1. The number of nitrogens with two attached hydrogens (primary N) is 1. The van der Waals surface area contributed by atoms with Crippen molar-refractivity contribution >= 4 is 17.5 Å². The lowest BCUT2D eigenvalue weighted by atomic mass is 10.1. The fraction of sp³-hybridized carbons (Fsp3) is 0.385. The van der Waals surface area contributed by atoms with Gasteiger partial charge in [0.2, 0.25) is 11.2 Å². The van der Waals surface area contributed by atoms with Gasteiger partial charge in [-0.15, -0.1) is 0 Å². The molecule has 2 aromatic heterocycles. The summed E-state index contributed by atoms with van der Waals surface area (Å²) < 4.78 is 5.32. The number of hydrogen-bond acceptors (Lipinski definition) is 7.